The van der Waals surface area contributed by atoms with Gasteiger partial charge in [0.15, 0.2) is 6.29 Å². The Bertz CT molecular complexity index is 1020. The van der Waals surface area contributed by atoms with Crippen LogP contribution in [-0.4, -0.2) is 34.3 Å². The highest BCUT2D eigenvalue weighted by atomic mass is 19.1. The number of hydrogen-bond donors (Lipinski definition) is 2. The molecule has 0 unspecified atom stereocenters. The van der Waals surface area contributed by atoms with Crippen molar-refractivity contribution in [3.63, 3.8) is 0 Å². The van der Waals surface area contributed by atoms with Crippen LogP contribution in [0.2, 0.25) is 0 Å². The lowest BCUT2D eigenvalue weighted by Crippen LogP contribution is -2.24. The van der Waals surface area contributed by atoms with Crippen molar-refractivity contribution in [3.05, 3.63) is 70.0 Å². The van der Waals surface area contributed by atoms with Gasteiger partial charge in [0.1, 0.15) is 11.6 Å². The van der Waals surface area contributed by atoms with Crippen LogP contribution in [0.15, 0.2) is 58.7 Å². The number of halogens is 1. The van der Waals surface area contributed by atoms with Crippen LogP contribution in [0.4, 0.5) is 4.39 Å². The van der Waals surface area contributed by atoms with Gasteiger partial charge < -0.3 is 9.84 Å². The Morgan fingerprint density at radius 2 is 2.14 bits per heavy atom. The maximum atomic E-state index is 13.7. The van der Waals surface area contributed by atoms with Gasteiger partial charge in [-0.15, -0.1) is 0 Å². The predicted octanol–water partition coefficient (Wildman–Crippen LogP) is 2.92. The second kappa shape index (κ2) is 8.75. The van der Waals surface area contributed by atoms with E-state index in [2.05, 4.69) is 16.8 Å². The molecule has 146 valence electrons. The number of fused-ring (bicyclic) bond motifs is 1. The standard InChI is InChI=1S/C21H21FN2O4/c1-13(11-25)19(22)8-5-14(12-26)9-20-18-10-16(28-15-3-2-4-15)6-7-17(18)21(27)24-23-20/h5-8,10-11,15,26H,1-4,9,12H2,(H,24,27)/b14-5-,19-8+. The van der Waals surface area contributed by atoms with Crippen molar-refractivity contribution >= 4 is 17.1 Å². The van der Waals surface area contributed by atoms with E-state index in [1.54, 1.807) is 18.2 Å². The number of ether oxygens (including phenoxy) is 1. The molecule has 0 atom stereocenters. The first-order chi connectivity index (χ1) is 13.5. The van der Waals surface area contributed by atoms with Crippen LogP contribution in [0, 0.1) is 0 Å². The van der Waals surface area contributed by atoms with Crippen molar-refractivity contribution in [3.8, 4) is 5.75 Å². The average Bonchev–Trinajstić information content (AvgIpc) is 2.68. The van der Waals surface area contributed by atoms with Gasteiger partial charge in [0.05, 0.1) is 23.8 Å². The second-order valence-electron chi connectivity index (χ2n) is 6.70. The molecule has 1 aliphatic rings. The van der Waals surface area contributed by atoms with E-state index >= 15 is 0 Å². The van der Waals surface area contributed by atoms with E-state index in [1.807, 2.05) is 0 Å². The molecule has 1 aromatic carbocycles. The van der Waals surface area contributed by atoms with Gasteiger partial charge in [-0.1, -0.05) is 12.7 Å². The predicted molar refractivity (Wildman–Crippen MR) is 104 cm³/mol. The Hall–Kier alpha value is -3.06. The fourth-order valence-electron chi connectivity index (χ4n) is 2.82. The molecule has 0 amide bonds. The van der Waals surface area contributed by atoms with Crippen LogP contribution < -0.4 is 10.3 Å². The first-order valence-corrected chi connectivity index (χ1v) is 9.00. The number of hydrogen-bond acceptors (Lipinski definition) is 5. The van der Waals surface area contributed by atoms with E-state index in [0.29, 0.717) is 34.1 Å². The minimum atomic E-state index is -0.781. The Morgan fingerprint density at radius 3 is 2.79 bits per heavy atom. The number of carbonyl (C=O) groups excluding carboxylic acids is 1. The molecule has 2 N–H and O–H groups in total. The maximum Gasteiger partial charge on any atom is 0.272 e. The van der Waals surface area contributed by atoms with Gasteiger partial charge in [-0.2, -0.15) is 5.10 Å². The molecule has 0 bridgehead atoms. The van der Waals surface area contributed by atoms with Crippen LogP contribution in [0.3, 0.4) is 0 Å². The van der Waals surface area contributed by atoms with Crippen molar-refractivity contribution in [2.75, 3.05) is 6.61 Å². The number of rotatable bonds is 8. The molecular formula is C21H21FN2O4. The van der Waals surface area contributed by atoms with Gasteiger partial charge in [0.2, 0.25) is 0 Å². The summed E-state index contributed by atoms with van der Waals surface area (Å²) >= 11 is 0. The molecule has 28 heavy (non-hydrogen) atoms. The Kier molecular flexibility index (Phi) is 6.16. The van der Waals surface area contributed by atoms with Gasteiger partial charge in [0, 0.05) is 17.4 Å². The van der Waals surface area contributed by atoms with E-state index in [-0.39, 0.29) is 30.3 Å². The second-order valence-corrected chi connectivity index (χ2v) is 6.70. The summed E-state index contributed by atoms with van der Waals surface area (Å²) in [7, 11) is 0. The molecule has 0 aliphatic heterocycles. The lowest BCUT2D eigenvalue weighted by atomic mass is 9.96. The van der Waals surface area contributed by atoms with Gasteiger partial charge in [0.25, 0.3) is 5.56 Å². The number of benzene rings is 1. The number of nitrogens with zero attached hydrogens (tertiary/aromatic N) is 1. The van der Waals surface area contributed by atoms with E-state index < -0.39 is 5.83 Å². The zero-order chi connectivity index (χ0) is 20.1. The lowest BCUT2D eigenvalue weighted by molar-refractivity contribution is -0.104. The largest absolute Gasteiger partial charge is 0.490 e. The summed E-state index contributed by atoms with van der Waals surface area (Å²) in [4.78, 5) is 22.6. The smallest absolute Gasteiger partial charge is 0.272 e. The molecule has 1 aliphatic carbocycles. The zero-order valence-corrected chi connectivity index (χ0v) is 15.3. The Labute approximate surface area is 161 Å². The third kappa shape index (κ3) is 4.43. The lowest BCUT2D eigenvalue weighted by Gasteiger charge is -2.26. The van der Waals surface area contributed by atoms with Gasteiger partial charge in [-0.25, -0.2) is 9.49 Å². The monoisotopic (exact) mass is 384 g/mol. The van der Waals surface area contributed by atoms with E-state index in [9.17, 15) is 19.1 Å². The summed E-state index contributed by atoms with van der Waals surface area (Å²) in [6, 6.07) is 5.21. The van der Waals surface area contributed by atoms with E-state index in [0.717, 1.165) is 25.3 Å². The van der Waals surface area contributed by atoms with Crippen molar-refractivity contribution in [1.29, 1.82) is 0 Å². The fraction of sp³-hybridized carbons (Fsp3) is 0.286. The summed E-state index contributed by atoms with van der Waals surface area (Å²) in [5.41, 5.74) is 0.382. The number of carbonyl (C=O) groups is 1. The third-order valence-electron chi connectivity index (χ3n) is 4.71. The molecule has 1 fully saturated rings. The van der Waals surface area contributed by atoms with E-state index in [4.69, 9.17) is 4.74 Å². The Morgan fingerprint density at radius 1 is 1.36 bits per heavy atom. The number of aromatic nitrogens is 2. The summed E-state index contributed by atoms with van der Waals surface area (Å²) in [6.45, 7) is 2.95. The molecule has 1 saturated carbocycles. The highest BCUT2D eigenvalue weighted by Crippen LogP contribution is 2.28. The van der Waals surface area contributed by atoms with Crippen LogP contribution in [0.1, 0.15) is 25.0 Å². The van der Waals surface area contributed by atoms with Gasteiger partial charge in [-0.05, 0) is 49.1 Å². The first kappa shape index (κ1) is 19.7. The SMILES string of the molecule is C=C(C=O)/C(F)=C\C=C(/CO)Cc1n[nH]c(=O)c2ccc(OC3CCC3)cc12. The maximum absolute atomic E-state index is 13.7. The first-order valence-electron chi connectivity index (χ1n) is 9.00. The number of aldehydes is 1. The molecule has 7 heteroatoms. The summed E-state index contributed by atoms with van der Waals surface area (Å²) in [5, 5.41) is 17.2. The van der Waals surface area contributed by atoms with Gasteiger partial charge in [-0.3, -0.25) is 9.59 Å². The normalized spacial score (nSPS) is 15.4. The van der Waals surface area contributed by atoms with Crippen molar-refractivity contribution in [1.82, 2.24) is 10.2 Å². The minimum Gasteiger partial charge on any atom is -0.490 e. The number of allylic oxidation sites excluding steroid dienone is 4. The molecule has 2 aromatic rings. The number of nitrogens with one attached hydrogen (secondary N) is 1. The summed E-state index contributed by atoms with van der Waals surface area (Å²) in [5.74, 6) is -0.120. The zero-order valence-electron chi connectivity index (χ0n) is 15.3. The number of aliphatic hydroxyl groups excluding tert-OH is 1. The third-order valence-corrected chi connectivity index (χ3v) is 4.71. The molecule has 0 saturated heterocycles. The fourth-order valence-corrected chi connectivity index (χ4v) is 2.82. The van der Waals surface area contributed by atoms with Gasteiger partial charge >= 0.3 is 0 Å². The van der Waals surface area contributed by atoms with Crippen LogP contribution in [-0.2, 0) is 11.2 Å². The summed E-state index contributed by atoms with van der Waals surface area (Å²) < 4.78 is 19.6. The van der Waals surface area contributed by atoms with Crippen molar-refractivity contribution in [2.45, 2.75) is 31.8 Å². The molecule has 1 aromatic heterocycles. The molecule has 6 nitrogen and oxygen atoms in total. The molecule has 0 radical (unpaired) electrons. The molecular weight excluding hydrogens is 363 g/mol. The van der Waals surface area contributed by atoms with Crippen LogP contribution in [0.25, 0.3) is 10.8 Å². The average molecular weight is 384 g/mol. The number of aromatic amines is 1. The van der Waals surface area contributed by atoms with Crippen molar-refractivity contribution < 1.29 is 19.0 Å². The number of H-pyrrole nitrogens is 1. The molecule has 3 rings (SSSR count). The molecule has 0 spiro atoms. The van der Waals surface area contributed by atoms with Crippen molar-refractivity contribution in [2.24, 2.45) is 0 Å². The highest BCUT2D eigenvalue weighted by molar-refractivity contribution is 5.85. The summed E-state index contributed by atoms with van der Waals surface area (Å²) in [6.07, 6.45) is 6.32. The van der Waals surface area contributed by atoms with Crippen LogP contribution in [0.5, 0.6) is 5.75 Å². The molecule has 1 heterocycles. The number of aliphatic hydroxyl groups is 1. The minimum absolute atomic E-state index is 0.188. The quantitative estimate of drug-likeness (QED) is 0.415. The Balaban J connectivity index is 1.93. The van der Waals surface area contributed by atoms with E-state index in [1.165, 1.54) is 6.08 Å². The topological polar surface area (TPSA) is 92.3 Å². The van der Waals surface area contributed by atoms with Crippen LogP contribution >= 0.6 is 0 Å². The highest BCUT2D eigenvalue weighted by Gasteiger charge is 2.19.